The SMILES string of the molecule is CCOC(=O)C(C)(Cc1cn(CC(=O)OC(C)(C)C)nn1)P(=O)(OCC)OCC. The van der Waals surface area contributed by atoms with Crippen LogP contribution >= 0.6 is 7.60 Å². The van der Waals surface area contributed by atoms with Crippen molar-refractivity contribution in [2.45, 2.75) is 72.2 Å². The highest BCUT2D eigenvalue weighted by Crippen LogP contribution is 2.61. The van der Waals surface area contributed by atoms with Gasteiger partial charge >= 0.3 is 19.5 Å². The van der Waals surface area contributed by atoms with Gasteiger partial charge in [-0.25, -0.2) is 4.68 Å². The lowest BCUT2D eigenvalue weighted by Gasteiger charge is -2.33. The Labute approximate surface area is 171 Å². The lowest BCUT2D eigenvalue weighted by molar-refractivity contribution is -0.155. The van der Waals surface area contributed by atoms with Crippen LogP contribution in [0.5, 0.6) is 0 Å². The summed E-state index contributed by atoms with van der Waals surface area (Å²) in [6.07, 6.45) is 1.39. The van der Waals surface area contributed by atoms with Crippen LogP contribution in [0, 0.1) is 0 Å². The Bertz CT molecular complexity index is 734. The minimum absolute atomic E-state index is 0.0948. The predicted octanol–water partition coefficient (Wildman–Crippen LogP) is 2.75. The summed E-state index contributed by atoms with van der Waals surface area (Å²) in [5.41, 5.74) is -0.284. The molecule has 0 spiro atoms. The summed E-state index contributed by atoms with van der Waals surface area (Å²) >= 11 is 0. The van der Waals surface area contributed by atoms with Gasteiger partial charge in [-0.2, -0.15) is 0 Å². The lowest BCUT2D eigenvalue weighted by Crippen LogP contribution is -2.40. The highest BCUT2D eigenvalue weighted by molar-refractivity contribution is 7.56. The molecule has 0 fully saturated rings. The Morgan fingerprint density at radius 2 is 1.66 bits per heavy atom. The zero-order valence-electron chi connectivity index (χ0n) is 18.3. The van der Waals surface area contributed by atoms with Crippen LogP contribution < -0.4 is 0 Å². The zero-order chi connectivity index (χ0) is 22.3. The maximum absolute atomic E-state index is 13.4. The van der Waals surface area contributed by atoms with E-state index in [1.165, 1.54) is 17.8 Å². The molecular formula is C18H32N3O7P. The predicted molar refractivity (Wildman–Crippen MR) is 105 cm³/mol. The van der Waals surface area contributed by atoms with Crippen molar-refractivity contribution < 1.29 is 32.7 Å². The highest BCUT2D eigenvalue weighted by atomic mass is 31.2. The molecule has 10 nitrogen and oxygen atoms in total. The summed E-state index contributed by atoms with van der Waals surface area (Å²) in [5.74, 6) is -1.19. The summed E-state index contributed by atoms with van der Waals surface area (Å²) in [7, 11) is -3.88. The molecule has 1 aromatic heterocycles. The van der Waals surface area contributed by atoms with Gasteiger partial charge in [0.15, 0.2) is 5.16 Å². The molecule has 0 N–H and O–H groups in total. The number of carbonyl (C=O) groups excluding carboxylic acids is 2. The number of esters is 2. The van der Waals surface area contributed by atoms with E-state index in [4.69, 9.17) is 18.5 Å². The average molecular weight is 433 g/mol. The quantitative estimate of drug-likeness (QED) is 0.383. The summed E-state index contributed by atoms with van der Waals surface area (Å²) in [5, 5.41) is 6.26. The van der Waals surface area contributed by atoms with Crippen LogP contribution in [0.25, 0.3) is 0 Å². The van der Waals surface area contributed by atoms with Crippen molar-refractivity contribution in [2.24, 2.45) is 0 Å². The molecule has 0 aliphatic heterocycles. The van der Waals surface area contributed by atoms with E-state index in [0.29, 0.717) is 5.69 Å². The maximum atomic E-state index is 13.4. The van der Waals surface area contributed by atoms with Crippen molar-refractivity contribution in [3.8, 4) is 0 Å². The molecule has 0 radical (unpaired) electrons. The van der Waals surface area contributed by atoms with E-state index in [1.807, 2.05) is 0 Å². The molecule has 0 saturated heterocycles. The minimum Gasteiger partial charge on any atom is -0.465 e. The van der Waals surface area contributed by atoms with Gasteiger partial charge in [-0.15, -0.1) is 5.10 Å². The maximum Gasteiger partial charge on any atom is 0.348 e. The fraction of sp³-hybridized carbons (Fsp3) is 0.778. The van der Waals surface area contributed by atoms with E-state index in [-0.39, 0.29) is 32.8 Å². The molecule has 1 atom stereocenters. The van der Waals surface area contributed by atoms with E-state index < -0.39 is 30.3 Å². The second-order valence-corrected chi connectivity index (χ2v) is 10.00. The molecule has 0 aliphatic rings. The Balaban J connectivity index is 3.12. The largest absolute Gasteiger partial charge is 0.465 e. The van der Waals surface area contributed by atoms with Crippen LogP contribution in [0.3, 0.4) is 0 Å². The Morgan fingerprint density at radius 3 is 2.14 bits per heavy atom. The van der Waals surface area contributed by atoms with Crippen molar-refractivity contribution in [2.75, 3.05) is 19.8 Å². The molecular weight excluding hydrogens is 401 g/mol. The van der Waals surface area contributed by atoms with Crippen LogP contribution in [0.2, 0.25) is 0 Å². The van der Waals surface area contributed by atoms with Crippen LogP contribution in [0.1, 0.15) is 54.2 Å². The molecule has 0 aromatic carbocycles. The molecule has 11 heteroatoms. The molecule has 1 rings (SSSR count). The molecule has 166 valence electrons. The standard InChI is InChI=1S/C18H32N3O7P/c1-8-25-16(23)18(7,29(24,26-9-2)27-10-3)11-14-12-21(20-19-14)13-15(22)28-17(4,5)6/h12H,8-11,13H2,1-7H3. The van der Waals surface area contributed by atoms with Crippen LogP contribution in [-0.4, -0.2) is 57.5 Å². The van der Waals surface area contributed by atoms with E-state index in [9.17, 15) is 14.2 Å². The monoisotopic (exact) mass is 433 g/mol. The average Bonchev–Trinajstić information content (AvgIpc) is 3.00. The first kappa shape index (κ1) is 25.3. The van der Waals surface area contributed by atoms with Gasteiger partial charge in [0.1, 0.15) is 12.1 Å². The second-order valence-electron chi connectivity index (χ2n) is 7.50. The van der Waals surface area contributed by atoms with E-state index in [2.05, 4.69) is 10.3 Å². The van der Waals surface area contributed by atoms with Gasteiger partial charge < -0.3 is 18.5 Å². The summed E-state index contributed by atoms with van der Waals surface area (Å²) in [6.45, 7) is 11.9. The van der Waals surface area contributed by atoms with Gasteiger partial charge in [0.25, 0.3) is 0 Å². The van der Waals surface area contributed by atoms with Crippen LogP contribution in [-0.2, 0) is 45.6 Å². The fourth-order valence-corrected chi connectivity index (χ4v) is 4.55. The summed E-state index contributed by atoms with van der Waals surface area (Å²) < 4.78 is 35.9. The van der Waals surface area contributed by atoms with Gasteiger partial charge in [0.05, 0.1) is 25.5 Å². The van der Waals surface area contributed by atoms with Gasteiger partial charge in [0, 0.05) is 12.6 Å². The van der Waals surface area contributed by atoms with E-state index in [0.717, 1.165) is 0 Å². The van der Waals surface area contributed by atoms with Crippen molar-refractivity contribution in [3.63, 3.8) is 0 Å². The molecule has 1 aromatic rings. The number of carbonyl (C=O) groups is 2. The van der Waals surface area contributed by atoms with Crippen molar-refractivity contribution >= 4 is 19.5 Å². The molecule has 1 heterocycles. The normalized spacial score (nSPS) is 14.3. The molecule has 0 amide bonds. The smallest absolute Gasteiger partial charge is 0.348 e. The number of aromatic nitrogens is 3. The van der Waals surface area contributed by atoms with Gasteiger partial charge in [-0.3, -0.25) is 14.2 Å². The van der Waals surface area contributed by atoms with Gasteiger partial charge in [-0.1, -0.05) is 5.21 Å². The topological polar surface area (TPSA) is 119 Å². The van der Waals surface area contributed by atoms with E-state index in [1.54, 1.807) is 41.5 Å². The number of nitrogens with zero attached hydrogens (tertiary/aromatic N) is 3. The molecule has 0 saturated carbocycles. The Kier molecular flexibility index (Phi) is 8.99. The lowest BCUT2D eigenvalue weighted by atomic mass is 10.1. The Morgan fingerprint density at radius 1 is 1.07 bits per heavy atom. The number of rotatable bonds is 11. The first-order valence-electron chi connectivity index (χ1n) is 9.58. The van der Waals surface area contributed by atoms with Crippen molar-refractivity contribution in [3.05, 3.63) is 11.9 Å². The molecule has 29 heavy (non-hydrogen) atoms. The zero-order valence-corrected chi connectivity index (χ0v) is 19.2. The van der Waals surface area contributed by atoms with Crippen LogP contribution in [0.4, 0.5) is 0 Å². The van der Waals surface area contributed by atoms with Crippen molar-refractivity contribution in [1.82, 2.24) is 15.0 Å². The summed E-state index contributed by atoms with van der Waals surface area (Å²) in [6, 6.07) is 0. The Hall–Kier alpha value is -1.77. The van der Waals surface area contributed by atoms with Crippen LogP contribution in [0.15, 0.2) is 6.20 Å². The van der Waals surface area contributed by atoms with E-state index >= 15 is 0 Å². The fourth-order valence-electron chi connectivity index (χ4n) is 2.59. The molecule has 1 unspecified atom stereocenters. The minimum atomic E-state index is -3.88. The first-order valence-corrected chi connectivity index (χ1v) is 11.1. The third kappa shape index (κ3) is 6.90. The summed E-state index contributed by atoms with van der Waals surface area (Å²) in [4.78, 5) is 24.7. The second kappa shape index (κ2) is 10.3. The van der Waals surface area contributed by atoms with Gasteiger partial charge in [0.2, 0.25) is 0 Å². The molecule has 0 aliphatic carbocycles. The number of hydrogen-bond donors (Lipinski definition) is 0. The highest BCUT2D eigenvalue weighted by Gasteiger charge is 2.55. The number of hydrogen-bond acceptors (Lipinski definition) is 9. The third-order valence-electron chi connectivity index (χ3n) is 3.74. The number of ether oxygens (including phenoxy) is 2. The van der Waals surface area contributed by atoms with Gasteiger partial charge in [-0.05, 0) is 48.5 Å². The van der Waals surface area contributed by atoms with Crippen molar-refractivity contribution in [1.29, 1.82) is 0 Å². The first-order chi connectivity index (χ1) is 13.4. The molecule has 0 bridgehead atoms. The third-order valence-corrected chi connectivity index (χ3v) is 6.49.